The monoisotopic (exact) mass is 347 g/mol. The fourth-order valence-electron chi connectivity index (χ4n) is 2.27. The van der Waals surface area contributed by atoms with Crippen molar-refractivity contribution in [2.45, 2.75) is 30.7 Å². The van der Waals surface area contributed by atoms with Crippen LogP contribution < -0.4 is 0 Å². The van der Waals surface area contributed by atoms with Crippen LogP contribution in [-0.4, -0.2) is 36.4 Å². The number of carboxylic acid groups (broad SMARTS) is 1. The molecular weight excluding hydrogens is 334 g/mol. The number of nitrogens with zero attached hydrogens (tertiary/aromatic N) is 1. The lowest BCUT2D eigenvalue weighted by Gasteiger charge is -2.22. The Morgan fingerprint density at radius 2 is 2.16 bits per heavy atom. The molecule has 1 heterocycles. The second kappa shape index (κ2) is 5.22. The molecule has 0 unspecified atom stereocenters. The Morgan fingerprint density at radius 1 is 1.47 bits per heavy atom. The molecule has 0 aliphatic carbocycles. The summed E-state index contributed by atoms with van der Waals surface area (Å²) in [6.07, 6.45) is 0.935. The minimum Gasteiger partial charge on any atom is -0.480 e. The molecule has 1 fully saturated rings. The maximum Gasteiger partial charge on any atom is 0.322 e. The Labute approximate surface area is 120 Å². The summed E-state index contributed by atoms with van der Waals surface area (Å²) in [4.78, 5) is 11.3. The zero-order chi connectivity index (χ0) is 14.2. The first-order valence-electron chi connectivity index (χ1n) is 5.85. The van der Waals surface area contributed by atoms with E-state index in [4.69, 9.17) is 5.11 Å². The van der Waals surface area contributed by atoms with Gasteiger partial charge in [-0.15, -0.1) is 0 Å². The molecule has 1 aromatic carbocycles. The highest BCUT2D eigenvalue weighted by Crippen LogP contribution is 2.30. The van der Waals surface area contributed by atoms with Crippen LogP contribution in [0, 0.1) is 6.92 Å². The molecular formula is C12H14BrNO4S. The zero-order valence-corrected chi connectivity index (χ0v) is 12.7. The lowest BCUT2D eigenvalue weighted by molar-refractivity contribution is -0.140. The van der Waals surface area contributed by atoms with E-state index in [1.807, 2.05) is 0 Å². The van der Waals surface area contributed by atoms with Gasteiger partial charge < -0.3 is 5.11 Å². The molecule has 2 rings (SSSR count). The Kier molecular flexibility index (Phi) is 3.98. The fraction of sp³-hybridized carbons (Fsp3) is 0.417. The smallest absolute Gasteiger partial charge is 0.322 e. The first-order chi connectivity index (χ1) is 8.85. The molecule has 1 atom stereocenters. The number of carbonyl (C=O) groups is 1. The molecule has 19 heavy (non-hydrogen) atoms. The van der Waals surface area contributed by atoms with Gasteiger partial charge in [-0.2, -0.15) is 4.31 Å². The third-order valence-electron chi connectivity index (χ3n) is 3.29. The number of hydrogen-bond acceptors (Lipinski definition) is 3. The van der Waals surface area contributed by atoms with Gasteiger partial charge >= 0.3 is 5.97 Å². The molecule has 1 aliphatic heterocycles. The van der Waals surface area contributed by atoms with Gasteiger partial charge in [0.1, 0.15) is 6.04 Å². The van der Waals surface area contributed by atoms with Crippen LogP contribution >= 0.6 is 15.9 Å². The summed E-state index contributed by atoms with van der Waals surface area (Å²) >= 11 is 3.29. The second-order valence-corrected chi connectivity index (χ2v) is 7.19. The van der Waals surface area contributed by atoms with Crippen LogP contribution in [0.5, 0.6) is 0 Å². The van der Waals surface area contributed by atoms with E-state index in [2.05, 4.69) is 15.9 Å². The lowest BCUT2D eigenvalue weighted by atomic mass is 10.2. The highest BCUT2D eigenvalue weighted by Gasteiger charge is 2.40. The van der Waals surface area contributed by atoms with Gasteiger partial charge in [0, 0.05) is 11.0 Å². The van der Waals surface area contributed by atoms with Crippen LogP contribution in [0.25, 0.3) is 0 Å². The number of sulfonamides is 1. The third-order valence-corrected chi connectivity index (χ3v) is 6.21. The molecule has 1 aromatic rings. The maximum atomic E-state index is 12.6. The van der Waals surface area contributed by atoms with Crippen molar-refractivity contribution in [3.05, 3.63) is 28.2 Å². The number of halogens is 1. The standard InChI is InChI=1S/C12H14BrNO4S/c1-8-9(13)4-2-6-11(8)19(17,18)14-7-3-5-10(14)12(15)16/h2,4,6,10H,3,5,7H2,1H3,(H,15,16)/t10-/m1/s1. The van der Waals surface area contributed by atoms with E-state index >= 15 is 0 Å². The van der Waals surface area contributed by atoms with Crippen molar-refractivity contribution in [1.29, 1.82) is 0 Å². The predicted octanol–water partition coefficient (Wildman–Crippen LogP) is 2.00. The topological polar surface area (TPSA) is 74.7 Å². The van der Waals surface area contributed by atoms with Crippen molar-refractivity contribution in [3.8, 4) is 0 Å². The van der Waals surface area contributed by atoms with Gasteiger partial charge in [0.15, 0.2) is 0 Å². The first-order valence-corrected chi connectivity index (χ1v) is 8.09. The molecule has 7 heteroatoms. The molecule has 0 amide bonds. The normalized spacial score (nSPS) is 20.6. The van der Waals surface area contributed by atoms with Crippen LogP contribution in [0.1, 0.15) is 18.4 Å². The number of hydrogen-bond donors (Lipinski definition) is 1. The highest BCUT2D eigenvalue weighted by atomic mass is 79.9. The molecule has 0 bridgehead atoms. The highest BCUT2D eigenvalue weighted by molar-refractivity contribution is 9.10. The molecule has 0 spiro atoms. The van der Waals surface area contributed by atoms with Crippen molar-refractivity contribution < 1.29 is 18.3 Å². The molecule has 104 valence electrons. The van der Waals surface area contributed by atoms with Crippen molar-refractivity contribution in [3.63, 3.8) is 0 Å². The van der Waals surface area contributed by atoms with Crippen LogP contribution in [0.4, 0.5) is 0 Å². The van der Waals surface area contributed by atoms with E-state index in [9.17, 15) is 13.2 Å². The van der Waals surface area contributed by atoms with E-state index in [1.165, 1.54) is 6.07 Å². The fourth-order valence-corrected chi connectivity index (χ4v) is 4.67. The summed E-state index contributed by atoms with van der Waals surface area (Å²) in [5.74, 6) is -1.09. The molecule has 1 aliphatic rings. The molecule has 0 saturated carbocycles. The molecule has 0 radical (unpaired) electrons. The average molecular weight is 348 g/mol. The summed E-state index contributed by atoms with van der Waals surface area (Å²) in [5.41, 5.74) is 0.596. The molecule has 1 saturated heterocycles. The van der Waals surface area contributed by atoms with Gasteiger partial charge in [-0.1, -0.05) is 22.0 Å². The van der Waals surface area contributed by atoms with Gasteiger partial charge in [-0.05, 0) is 37.5 Å². The quantitative estimate of drug-likeness (QED) is 0.907. The van der Waals surface area contributed by atoms with E-state index in [0.29, 0.717) is 22.9 Å². The van der Waals surface area contributed by atoms with E-state index in [-0.39, 0.29) is 11.4 Å². The number of rotatable bonds is 3. The third kappa shape index (κ3) is 2.54. The largest absolute Gasteiger partial charge is 0.480 e. The SMILES string of the molecule is Cc1c(Br)cccc1S(=O)(=O)N1CCC[C@@H]1C(=O)O. The minimum absolute atomic E-state index is 0.162. The summed E-state index contributed by atoms with van der Waals surface area (Å²) < 4.78 is 26.9. The van der Waals surface area contributed by atoms with Crippen molar-refractivity contribution >= 4 is 31.9 Å². The van der Waals surface area contributed by atoms with Gasteiger partial charge in [-0.3, -0.25) is 4.79 Å². The van der Waals surface area contributed by atoms with Crippen LogP contribution in [0.2, 0.25) is 0 Å². The Morgan fingerprint density at radius 3 is 2.79 bits per heavy atom. The predicted molar refractivity (Wildman–Crippen MR) is 73.4 cm³/mol. The van der Waals surface area contributed by atoms with Crippen molar-refractivity contribution in [1.82, 2.24) is 4.31 Å². The van der Waals surface area contributed by atoms with Crippen LogP contribution in [0.3, 0.4) is 0 Å². The number of carboxylic acids is 1. The second-order valence-electron chi connectivity index (χ2n) is 4.47. The van der Waals surface area contributed by atoms with Crippen LogP contribution in [-0.2, 0) is 14.8 Å². The van der Waals surface area contributed by atoms with E-state index < -0.39 is 22.0 Å². The summed E-state index contributed by atoms with van der Waals surface area (Å²) in [6.45, 7) is 1.95. The van der Waals surface area contributed by atoms with Gasteiger partial charge in [0.05, 0.1) is 4.90 Å². The zero-order valence-electron chi connectivity index (χ0n) is 10.3. The van der Waals surface area contributed by atoms with Crippen LogP contribution in [0.15, 0.2) is 27.6 Å². The Balaban J connectivity index is 2.48. The van der Waals surface area contributed by atoms with Gasteiger partial charge in [0.25, 0.3) is 0 Å². The van der Waals surface area contributed by atoms with E-state index in [0.717, 1.165) is 4.31 Å². The van der Waals surface area contributed by atoms with Crippen molar-refractivity contribution in [2.75, 3.05) is 6.54 Å². The molecule has 5 nitrogen and oxygen atoms in total. The number of benzene rings is 1. The maximum absolute atomic E-state index is 12.6. The van der Waals surface area contributed by atoms with E-state index in [1.54, 1.807) is 19.1 Å². The summed E-state index contributed by atoms with van der Waals surface area (Å²) in [5, 5.41) is 9.10. The minimum atomic E-state index is -3.76. The number of aliphatic carboxylic acids is 1. The van der Waals surface area contributed by atoms with Crippen molar-refractivity contribution in [2.24, 2.45) is 0 Å². The Hall–Kier alpha value is -0.920. The first kappa shape index (κ1) is 14.5. The summed E-state index contributed by atoms with van der Waals surface area (Å²) in [6, 6.07) is 3.94. The summed E-state index contributed by atoms with van der Waals surface area (Å²) in [7, 11) is -3.76. The van der Waals surface area contributed by atoms with Gasteiger partial charge in [0.2, 0.25) is 10.0 Å². The lowest BCUT2D eigenvalue weighted by Crippen LogP contribution is -2.40. The molecule has 1 N–H and O–H groups in total. The molecule has 0 aromatic heterocycles. The average Bonchev–Trinajstić information content (AvgIpc) is 2.82. The van der Waals surface area contributed by atoms with Gasteiger partial charge in [-0.25, -0.2) is 8.42 Å². The Bertz CT molecular complexity index is 614.